The van der Waals surface area contributed by atoms with Crippen LogP contribution in [0.25, 0.3) is 42.4 Å². The molecule has 1 aromatic heterocycles. The lowest BCUT2D eigenvalue weighted by atomic mass is 9.67. The standard InChI is InChI=1S/C49H33NS/c1-6-18-34(19-7-1)35-30-31-40-42(32-35)49(36-20-8-2-9-21-36,37-22-10-3-11-23-37)43-33-45-47(41-28-16-17-29-44(41)51-45)48(46(40)43)50(38-24-12-4-13-25-38)39-26-14-5-15-27-39/h1-33H. The van der Waals surface area contributed by atoms with Crippen molar-refractivity contribution in [1.82, 2.24) is 0 Å². The van der Waals surface area contributed by atoms with Crippen molar-refractivity contribution in [3.8, 4) is 22.3 Å². The molecule has 0 N–H and O–H groups in total. The summed E-state index contributed by atoms with van der Waals surface area (Å²) in [6.07, 6.45) is 0. The van der Waals surface area contributed by atoms with E-state index in [1.807, 2.05) is 11.3 Å². The molecule has 0 radical (unpaired) electrons. The third-order valence-corrected chi connectivity index (χ3v) is 11.6. The van der Waals surface area contributed by atoms with Crippen molar-refractivity contribution >= 4 is 48.6 Å². The predicted octanol–water partition coefficient (Wildman–Crippen LogP) is 13.6. The highest BCUT2D eigenvalue weighted by molar-refractivity contribution is 7.26. The highest BCUT2D eigenvalue weighted by Crippen LogP contribution is 2.62. The van der Waals surface area contributed by atoms with Gasteiger partial charge in [-0.1, -0.05) is 158 Å². The quantitative estimate of drug-likeness (QED) is 0.171. The maximum absolute atomic E-state index is 2.52. The van der Waals surface area contributed by atoms with Crippen molar-refractivity contribution in [3.63, 3.8) is 0 Å². The molecule has 0 unspecified atom stereocenters. The lowest BCUT2D eigenvalue weighted by Crippen LogP contribution is -2.28. The Bertz CT molecular complexity index is 2580. The molecule has 0 amide bonds. The van der Waals surface area contributed by atoms with Crippen molar-refractivity contribution < 1.29 is 0 Å². The largest absolute Gasteiger partial charge is 0.309 e. The lowest BCUT2D eigenvalue weighted by molar-refractivity contribution is 0.770. The number of benzene rings is 8. The van der Waals surface area contributed by atoms with Gasteiger partial charge in [-0.05, 0) is 81.4 Å². The molecule has 1 nitrogen and oxygen atoms in total. The minimum atomic E-state index is -0.559. The number of rotatable bonds is 6. The van der Waals surface area contributed by atoms with Crippen LogP contribution in [-0.4, -0.2) is 0 Å². The van der Waals surface area contributed by atoms with Gasteiger partial charge in [-0.25, -0.2) is 0 Å². The first-order valence-corrected chi connectivity index (χ1v) is 18.3. The Labute approximate surface area is 302 Å². The van der Waals surface area contributed by atoms with E-state index in [0.29, 0.717) is 0 Å². The number of para-hydroxylation sites is 2. The molecule has 0 fully saturated rings. The first-order chi connectivity index (χ1) is 25.3. The zero-order valence-electron chi connectivity index (χ0n) is 27.9. The highest BCUT2D eigenvalue weighted by Gasteiger charge is 2.48. The molecule has 0 bridgehead atoms. The van der Waals surface area contributed by atoms with E-state index in [9.17, 15) is 0 Å². The number of hydrogen-bond donors (Lipinski definition) is 0. The molecule has 51 heavy (non-hydrogen) atoms. The van der Waals surface area contributed by atoms with E-state index in [1.54, 1.807) is 0 Å². The van der Waals surface area contributed by atoms with Gasteiger partial charge in [0.25, 0.3) is 0 Å². The van der Waals surface area contributed by atoms with Gasteiger partial charge in [-0.3, -0.25) is 0 Å². The Morgan fingerprint density at radius 1 is 0.412 bits per heavy atom. The molecule has 0 saturated heterocycles. The van der Waals surface area contributed by atoms with Gasteiger partial charge in [0.1, 0.15) is 0 Å². The van der Waals surface area contributed by atoms with Crippen LogP contribution in [-0.2, 0) is 5.41 Å². The molecule has 2 heteroatoms. The molecular weight excluding hydrogens is 635 g/mol. The van der Waals surface area contributed by atoms with Crippen LogP contribution in [0.1, 0.15) is 22.3 Å². The molecule has 240 valence electrons. The summed E-state index contributed by atoms with van der Waals surface area (Å²) in [4.78, 5) is 2.50. The van der Waals surface area contributed by atoms with Crippen LogP contribution < -0.4 is 4.90 Å². The molecule has 10 rings (SSSR count). The third-order valence-electron chi connectivity index (χ3n) is 10.5. The minimum Gasteiger partial charge on any atom is -0.309 e. The Balaban J connectivity index is 1.44. The average molecular weight is 668 g/mol. The molecule has 1 aliphatic carbocycles. The van der Waals surface area contributed by atoms with E-state index in [-0.39, 0.29) is 0 Å². The smallest absolute Gasteiger partial charge is 0.0715 e. The van der Waals surface area contributed by atoms with E-state index < -0.39 is 5.41 Å². The van der Waals surface area contributed by atoms with Crippen LogP contribution in [0.2, 0.25) is 0 Å². The molecule has 0 atom stereocenters. The van der Waals surface area contributed by atoms with Crippen LogP contribution >= 0.6 is 11.3 Å². The van der Waals surface area contributed by atoms with E-state index in [2.05, 4.69) is 205 Å². The topological polar surface area (TPSA) is 3.24 Å². The number of hydrogen-bond acceptors (Lipinski definition) is 2. The van der Waals surface area contributed by atoms with Gasteiger partial charge in [0.2, 0.25) is 0 Å². The summed E-state index contributed by atoms with van der Waals surface area (Å²) in [6, 6.07) is 73.5. The molecule has 0 spiro atoms. The van der Waals surface area contributed by atoms with Crippen molar-refractivity contribution in [1.29, 1.82) is 0 Å². The first kappa shape index (κ1) is 29.7. The monoisotopic (exact) mass is 667 g/mol. The van der Waals surface area contributed by atoms with Gasteiger partial charge >= 0.3 is 0 Å². The van der Waals surface area contributed by atoms with Crippen LogP contribution in [0.4, 0.5) is 17.1 Å². The third kappa shape index (κ3) is 4.54. The van der Waals surface area contributed by atoms with E-state index in [0.717, 1.165) is 11.4 Å². The van der Waals surface area contributed by atoms with Gasteiger partial charge in [0.15, 0.2) is 0 Å². The molecule has 1 aliphatic rings. The summed E-state index contributed by atoms with van der Waals surface area (Å²) in [6.45, 7) is 0. The fraction of sp³-hybridized carbons (Fsp3) is 0.0204. The van der Waals surface area contributed by atoms with E-state index in [1.165, 1.54) is 70.4 Å². The van der Waals surface area contributed by atoms with E-state index in [4.69, 9.17) is 0 Å². The molecule has 8 aromatic carbocycles. The van der Waals surface area contributed by atoms with Gasteiger partial charge in [-0.15, -0.1) is 11.3 Å². The normalized spacial score (nSPS) is 12.9. The Morgan fingerprint density at radius 2 is 0.941 bits per heavy atom. The molecule has 1 heterocycles. The van der Waals surface area contributed by atoms with E-state index >= 15 is 0 Å². The number of anilines is 3. The summed E-state index contributed by atoms with van der Waals surface area (Å²) in [5.41, 5.74) is 13.0. The summed E-state index contributed by atoms with van der Waals surface area (Å²) in [5.74, 6) is 0. The summed E-state index contributed by atoms with van der Waals surface area (Å²) < 4.78 is 2.58. The zero-order chi connectivity index (χ0) is 33.8. The summed E-state index contributed by atoms with van der Waals surface area (Å²) >= 11 is 1.89. The van der Waals surface area contributed by atoms with Crippen LogP contribution in [0, 0.1) is 0 Å². The highest BCUT2D eigenvalue weighted by atomic mass is 32.1. The van der Waals surface area contributed by atoms with Crippen molar-refractivity contribution in [2.45, 2.75) is 5.41 Å². The van der Waals surface area contributed by atoms with Crippen molar-refractivity contribution in [2.24, 2.45) is 0 Å². The lowest BCUT2D eigenvalue weighted by Gasteiger charge is -2.35. The first-order valence-electron chi connectivity index (χ1n) is 17.5. The fourth-order valence-corrected chi connectivity index (χ4v) is 9.56. The van der Waals surface area contributed by atoms with Crippen LogP contribution in [0.5, 0.6) is 0 Å². The average Bonchev–Trinajstić information content (AvgIpc) is 3.73. The molecule has 0 saturated carbocycles. The Morgan fingerprint density at radius 3 is 1.55 bits per heavy atom. The molecule has 9 aromatic rings. The minimum absolute atomic E-state index is 0.559. The number of thiophene rings is 1. The Kier molecular flexibility index (Phi) is 6.97. The van der Waals surface area contributed by atoms with Gasteiger partial charge in [-0.2, -0.15) is 0 Å². The van der Waals surface area contributed by atoms with Crippen LogP contribution in [0.3, 0.4) is 0 Å². The molecule has 0 aliphatic heterocycles. The summed E-state index contributed by atoms with van der Waals surface area (Å²) in [5, 5.41) is 2.57. The molecular formula is C49H33NS. The van der Waals surface area contributed by atoms with Gasteiger partial charge in [0.05, 0.1) is 11.1 Å². The SMILES string of the molecule is c1ccc(-c2ccc3c(c2)C(c2ccccc2)(c2ccccc2)c2cc4sc5ccccc5c4c(N(c4ccccc4)c4ccccc4)c2-3)cc1. The maximum atomic E-state index is 2.52. The van der Waals surface area contributed by atoms with Crippen molar-refractivity contribution in [2.75, 3.05) is 4.90 Å². The zero-order valence-corrected chi connectivity index (χ0v) is 28.7. The second-order valence-corrected chi connectivity index (χ2v) is 14.3. The van der Waals surface area contributed by atoms with Crippen molar-refractivity contribution in [3.05, 3.63) is 222 Å². The second kappa shape index (κ2) is 12.0. The second-order valence-electron chi connectivity index (χ2n) is 13.2. The number of fused-ring (bicyclic) bond motifs is 6. The van der Waals surface area contributed by atoms with Gasteiger partial charge in [0, 0.05) is 37.1 Å². The predicted molar refractivity (Wildman–Crippen MR) is 217 cm³/mol. The van der Waals surface area contributed by atoms with Crippen LogP contribution in [0.15, 0.2) is 200 Å². The maximum Gasteiger partial charge on any atom is 0.0715 e. The fourth-order valence-electron chi connectivity index (χ4n) is 8.41. The number of nitrogens with zero attached hydrogens (tertiary/aromatic N) is 1. The summed E-state index contributed by atoms with van der Waals surface area (Å²) in [7, 11) is 0. The van der Waals surface area contributed by atoms with Gasteiger partial charge < -0.3 is 4.90 Å². The Hall–Kier alpha value is -6.22.